The number of urea groups is 1. The quantitative estimate of drug-likeness (QED) is 0.147. The number of amides is 3. The summed E-state index contributed by atoms with van der Waals surface area (Å²) >= 11 is 0. The molecule has 3 aromatic rings. The molecule has 2 unspecified atom stereocenters. The van der Waals surface area contributed by atoms with Gasteiger partial charge in [-0.15, -0.1) is 0 Å². The fourth-order valence-electron chi connectivity index (χ4n) is 7.30. The van der Waals surface area contributed by atoms with Crippen molar-refractivity contribution in [2.24, 2.45) is 4.99 Å². The molecular weight excluding hydrogens is 844 g/mol. The third kappa shape index (κ3) is 11.7. The minimum absolute atomic E-state index is 0.0601. The Balaban J connectivity index is 0.000000238. The predicted octanol–water partition coefficient (Wildman–Crippen LogP) is 2.68. The van der Waals surface area contributed by atoms with E-state index in [2.05, 4.69) is 19.9 Å². The number of para-hydroxylation sites is 2. The molecule has 340 valence electrons. The van der Waals surface area contributed by atoms with E-state index in [0.29, 0.717) is 47.8 Å². The molecule has 4 heterocycles. The van der Waals surface area contributed by atoms with E-state index in [-0.39, 0.29) is 40.8 Å². The van der Waals surface area contributed by atoms with Gasteiger partial charge in [0.2, 0.25) is 16.0 Å². The van der Waals surface area contributed by atoms with Crippen LogP contribution < -0.4 is 9.21 Å². The summed E-state index contributed by atoms with van der Waals surface area (Å²) < 4.78 is 38.6. The van der Waals surface area contributed by atoms with Crippen LogP contribution in [-0.2, 0) is 19.6 Å². The molecule has 6 rings (SSSR count). The maximum absolute atomic E-state index is 13.5. The molecule has 0 saturated carbocycles. The number of nitrogens with zero attached hydrogens (tertiary/aromatic N) is 10. The zero-order chi connectivity index (χ0) is 46.3. The van der Waals surface area contributed by atoms with E-state index in [0.717, 1.165) is 35.1 Å². The summed E-state index contributed by atoms with van der Waals surface area (Å²) in [6, 6.07) is 11.5. The first-order valence-corrected chi connectivity index (χ1v) is 21.9. The molecular formula is C41H53FN10O10S. The normalized spacial score (nSPS) is 19.0. The van der Waals surface area contributed by atoms with E-state index in [1.165, 1.54) is 61.5 Å². The van der Waals surface area contributed by atoms with Crippen molar-refractivity contribution in [2.45, 2.75) is 57.0 Å². The lowest BCUT2D eigenvalue weighted by atomic mass is 9.97. The van der Waals surface area contributed by atoms with Gasteiger partial charge in [-0.2, -0.15) is 0 Å². The van der Waals surface area contributed by atoms with Crippen molar-refractivity contribution in [3.05, 3.63) is 81.8 Å². The van der Waals surface area contributed by atoms with Crippen LogP contribution in [0, 0.1) is 15.9 Å². The second kappa shape index (κ2) is 20.4. The number of benzene rings is 2. The molecule has 3 amide bonds. The SMILES string of the molecule is CC(C)c1nc(N(C)S(C)(=O)=O)nc(-c2ccc(F)cc2)c1/C=C/[C@@H](O)C[C@@H](O)CC(=O)O.CN1C(=O)C2C(N=CN2CCN2CCN(c3ccccc3[N+](=O)[O-])CC2)N(C)C1=O. The zero-order valence-corrected chi connectivity index (χ0v) is 36.7. The number of hydrogen-bond acceptors (Lipinski definition) is 15. The zero-order valence-electron chi connectivity index (χ0n) is 35.9. The summed E-state index contributed by atoms with van der Waals surface area (Å²) in [5.74, 6) is -2.10. The van der Waals surface area contributed by atoms with Crippen LogP contribution in [0.1, 0.15) is 43.9 Å². The number of likely N-dealkylation sites (N-methyl/N-ethyl adjacent to an activating group) is 2. The number of anilines is 2. The van der Waals surface area contributed by atoms with Crippen LogP contribution in [0.3, 0.4) is 0 Å². The van der Waals surface area contributed by atoms with Crippen LogP contribution in [-0.4, -0.2) is 174 Å². The van der Waals surface area contributed by atoms with Gasteiger partial charge in [0.05, 0.1) is 47.5 Å². The number of sulfonamides is 1. The number of carboxylic acids is 1. The number of nitro benzene ring substituents is 1. The Hall–Kier alpha value is -6.10. The van der Waals surface area contributed by atoms with Gasteiger partial charge in [0.25, 0.3) is 11.6 Å². The van der Waals surface area contributed by atoms with Crippen LogP contribution in [0.15, 0.2) is 59.6 Å². The van der Waals surface area contributed by atoms with Gasteiger partial charge in [-0.3, -0.25) is 29.5 Å². The first-order valence-electron chi connectivity index (χ1n) is 20.1. The summed E-state index contributed by atoms with van der Waals surface area (Å²) in [4.78, 5) is 68.4. The number of piperazine rings is 1. The van der Waals surface area contributed by atoms with Crippen molar-refractivity contribution >= 4 is 57.7 Å². The average molecular weight is 897 g/mol. The number of aliphatic hydroxyl groups excluding tert-OH is 2. The largest absolute Gasteiger partial charge is 0.481 e. The van der Waals surface area contributed by atoms with Gasteiger partial charge in [-0.25, -0.2) is 36.9 Å². The minimum atomic E-state index is -3.65. The van der Waals surface area contributed by atoms with Crippen molar-refractivity contribution in [3.63, 3.8) is 0 Å². The molecule has 63 heavy (non-hydrogen) atoms. The Labute approximate surface area is 364 Å². The number of rotatable bonds is 15. The number of fused-ring (bicyclic) bond motifs is 1. The fourth-order valence-corrected chi connectivity index (χ4v) is 7.68. The monoisotopic (exact) mass is 896 g/mol. The summed E-state index contributed by atoms with van der Waals surface area (Å²) in [6.45, 7) is 8.02. The van der Waals surface area contributed by atoms with E-state index >= 15 is 0 Å². The third-order valence-electron chi connectivity index (χ3n) is 10.9. The molecule has 2 aromatic carbocycles. The number of aliphatic hydroxyl groups is 2. The molecule has 22 heteroatoms. The van der Waals surface area contributed by atoms with E-state index in [9.17, 15) is 47.5 Å². The molecule has 0 radical (unpaired) electrons. The molecule has 0 aliphatic carbocycles. The summed E-state index contributed by atoms with van der Waals surface area (Å²) in [6.07, 6.45) is 2.05. The lowest BCUT2D eigenvalue weighted by Gasteiger charge is -2.40. The number of aliphatic imine (C=N–C) groups is 1. The van der Waals surface area contributed by atoms with Crippen molar-refractivity contribution < 1.29 is 47.4 Å². The second-order valence-corrected chi connectivity index (χ2v) is 17.7. The Bertz CT molecular complexity index is 2330. The van der Waals surface area contributed by atoms with Crippen molar-refractivity contribution in [2.75, 3.05) is 75.9 Å². The molecule has 4 atom stereocenters. The van der Waals surface area contributed by atoms with E-state index in [4.69, 9.17) is 5.11 Å². The van der Waals surface area contributed by atoms with Gasteiger partial charge in [0.1, 0.15) is 11.5 Å². The Morgan fingerprint density at radius 2 is 1.68 bits per heavy atom. The van der Waals surface area contributed by atoms with Crippen LogP contribution in [0.4, 0.5) is 26.5 Å². The molecule has 0 bridgehead atoms. The highest BCUT2D eigenvalue weighted by Gasteiger charge is 2.48. The van der Waals surface area contributed by atoms with Gasteiger partial charge in [-0.05, 0) is 36.2 Å². The Morgan fingerprint density at radius 3 is 2.29 bits per heavy atom. The van der Waals surface area contributed by atoms with Crippen LogP contribution in [0.25, 0.3) is 17.3 Å². The predicted molar refractivity (Wildman–Crippen MR) is 233 cm³/mol. The number of halogens is 1. The van der Waals surface area contributed by atoms with E-state index < -0.39 is 52.6 Å². The van der Waals surface area contributed by atoms with Crippen LogP contribution in [0.2, 0.25) is 0 Å². The minimum Gasteiger partial charge on any atom is -0.481 e. The standard InChI is InChI=1S/C22H28FN3O6S.C19H25N7O4/c1-13(2)20-18(10-9-16(27)11-17(28)12-19(29)30)21(14-5-7-15(23)8-6-14)25-22(24-20)26(3)33(4,31)32;1-21-17-16(18(27)22(2)19(21)28)25(13-20-17)12-9-23-7-10-24(11-8-23)14-5-3-4-6-15(14)26(29)30/h5-10,13,16-17,27-28H,11-12H2,1-4H3,(H,29,30);3-6,13,16-17H,7-12H2,1-2H3/b10-9+;/t16-,17-;/m1./s1. The number of carboxylic acid groups (broad SMARTS) is 1. The van der Waals surface area contributed by atoms with Crippen molar-refractivity contribution in [1.29, 1.82) is 0 Å². The number of nitro groups is 1. The van der Waals surface area contributed by atoms with Crippen molar-refractivity contribution in [1.82, 2.24) is 29.6 Å². The summed E-state index contributed by atoms with van der Waals surface area (Å²) in [5, 5.41) is 40.1. The summed E-state index contributed by atoms with van der Waals surface area (Å²) in [7, 11) is 0.829. The van der Waals surface area contributed by atoms with Crippen LogP contribution in [0.5, 0.6) is 0 Å². The molecule has 2 fully saturated rings. The second-order valence-electron chi connectivity index (χ2n) is 15.7. The number of carbonyl (C=O) groups is 3. The first kappa shape index (κ1) is 47.9. The van der Waals surface area contributed by atoms with Gasteiger partial charge in [0, 0.05) is 84.0 Å². The molecule has 3 aliphatic rings. The first-order chi connectivity index (χ1) is 29.7. The lowest BCUT2D eigenvalue weighted by Crippen LogP contribution is -2.64. The molecule has 20 nitrogen and oxygen atoms in total. The highest BCUT2D eigenvalue weighted by Crippen LogP contribution is 2.32. The fraction of sp³-hybridized carbons (Fsp3) is 0.463. The molecule has 3 N–H and O–H groups in total. The van der Waals surface area contributed by atoms with Gasteiger partial charge in [-0.1, -0.05) is 38.1 Å². The summed E-state index contributed by atoms with van der Waals surface area (Å²) in [5.41, 5.74) is 2.58. The number of hydrogen-bond donors (Lipinski definition) is 3. The van der Waals surface area contributed by atoms with Crippen molar-refractivity contribution in [3.8, 4) is 11.3 Å². The van der Waals surface area contributed by atoms with E-state index in [1.54, 1.807) is 25.5 Å². The molecule has 0 spiro atoms. The smallest absolute Gasteiger partial charge is 0.328 e. The maximum Gasteiger partial charge on any atom is 0.328 e. The topological polar surface area (TPSA) is 247 Å². The Kier molecular flexibility index (Phi) is 15.5. The molecule has 3 aliphatic heterocycles. The number of imide groups is 1. The molecule has 1 aromatic heterocycles. The van der Waals surface area contributed by atoms with Gasteiger partial charge >= 0.3 is 12.0 Å². The highest BCUT2D eigenvalue weighted by molar-refractivity contribution is 7.92. The third-order valence-corrected chi connectivity index (χ3v) is 12.0. The van der Waals surface area contributed by atoms with E-state index in [1.807, 2.05) is 29.7 Å². The van der Waals surface area contributed by atoms with Crippen LogP contribution >= 0.6 is 0 Å². The number of carbonyl (C=O) groups excluding carboxylic acids is 2. The van der Waals surface area contributed by atoms with Gasteiger partial charge in [0.15, 0.2) is 12.2 Å². The number of aromatic nitrogens is 2. The van der Waals surface area contributed by atoms with Gasteiger partial charge < -0.3 is 30.0 Å². The lowest BCUT2D eigenvalue weighted by molar-refractivity contribution is -0.384. The Morgan fingerprint density at radius 1 is 1.03 bits per heavy atom. The molecule has 2 saturated heterocycles. The highest BCUT2D eigenvalue weighted by atomic mass is 32.2. The maximum atomic E-state index is 13.5. The number of aliphatic carboxylic acids is 1. The average Bonchev–Trinajstić information content (AvgIpc) is 3.67.